The maximum absolute atomic E-state index is 7.72. The minimum Gasteiger partial charge on any atom is -0.476 e. The van der Waals surface area contributed by atoms with Crippen molar-refractivity contribution in [2.24, 2.45) is 0 Å². The zero-order chi connectivity index (χ0) is 13.4. The maximum Gasteiger partial charge on any atom is 0.221 e. The van der Waals surface area contributed by atoms with E-state index in [4.69, 9.17) is 10.1 Å². The molecule has 1 rings (SSSR count). The van der Waals surface area contributed by atoms with Crippen LogP contribution in [-0.4, -0.2) is 56.2 Å². The standard InChI is InChI=1S/C12H24N4OS/c1-10(2)15-9-11(18)12(13)17-8-7-16-5-3-14-4-6-16/h9-10,13-15,18H,3-8H2,1-2H3/b11-9+,13-12?. The molecule has 1 saturated heterocycles. The van der Waals surface area contributed by atoms with Gasteiger partial charge in [0.1, 0.15) is 6.61 Å². The lowest BCUT2D eigenvalue weighted by Gasteiger charge is -2.26. The Balaban J connectivity index is 2.17. The molecule has 6 heteroatoms. The van der Waals surface area contributed by atoms with Gasteiger partial charge >= 0.3 is 0 Å². The Morgan fingerprint density at radius 3 is 2.78 bits per heavy atom. The van der Waals surface area contributed by atoms with Crippen molar-refractivity contribution >= 4 is 18.5 Å². The fourth-order valence-electron chi connectivity index (χ4n) is 1.60. The molecular formula is C12H24N4OS. The molecule has 3 N–H and O–H groups in total. The Bertz CT molecular complexity index is 288. The fourth-order valence-corrected chi connectivity index (χ4v) is 1.74. The predicted molar refractivity (Wildman–Crippen MR) is 78.3 cm³/mol. The maximum atomic E-state index is 7.72. The molecule has 0 aromatic heterocycles. The summed E-state index contributed by atoms with van der Waals surface area (Å²) in [7, 11) is 0. The first-order valence-electron chi connectivity index (χ1n) is 6.39. The second-order valence-corrected chi connectivity index (χ2v) is 5.10. The molecule has 0 atom stereocenters. The topological polar surface area (TPSA) is 60.4 Å². The lowest BCUT2D eigenvalue weighted by Crippen LogP contribution is -2.44. The average Bonchev–Trinajstić information content (AvgIpc) is 2.37. The SMILES string of the molecule is CC(C)N/C=C(/S)C(=N)OCCN1CCNCC1. The van der Waals surface area contributed by atoms with Crippen LogP contribution < -0.4 is 10.6 Å². The smallest absolute Gasteiger partial charge is 0.221 e. The number of thiol groups is 1. The number of hydrogen-bond acceptors (Lipinski definition) is 6. The van der Waals surface area contributed by atoms with E-state index in [9.17, 15) is 0 Å². The molecule has 1 aliphatic rings. The third-order valence-electron chi connectivity index (χ3n) is 2.65. The molecule has 5 nitrogen and oxygen atoms in total. The monoisotopic (exact) mass is 272 g/mol. The molecule has 0 amide bonds. The van der Waals surface area contributed by atoms with Gasteiger partial charge in [-0.25, -0.2) is 0 Å². The Hall–Kier alpha value is -0.720. The lowest BCUT2D eigenvalue weighted by atomic mass is 10.3. The first-order valence-corrected chi connectivity index (χ1v) is 6.84. The van der Waals surface area contributed by atoms with Gasteiger partial charge in [-0.05, 0) is 13.8 Å². The van der Waals surface area contributed by atoms with Crippen molar-refractivity contribution in [1.29, 1.82) is 5.41 Å². The van der Waals surface area contributed by atoms with Gasteiger partial charge in [0.15, 0.2) is 0 Å². The number of nitrogens with one attached hydrogen (secondary N) is 3. The Kier molecular flexibility index (Phi) is 7.15. The number of rotatable bonds is 6. The summed E-state index contributed by atoms with van der Waals surface area (Å²) >= 11 is 4.23. The van der Waals surface area contributed by atoms with Gasteiger partial charge in [-0.2, -0.15) is 0 Å². The summed E-state index contributed by atoms with van der Waals surface area (Å²) < 4.78 is 5.38. The van der Waals surface area contributed by atoms with Crippen LogP contribution in [0.4, 0.5) is 0 Å². The fraction of sp³-hybridized carbons (Fsp3) is 0.750. The lowest BCUT2D eigenvalue weighted by molar-refractivity contribution is 0.186. The van der Waals surface area contributed by atoms with Crippen LogP contribution in [0.1, 0.15) is 13.8 Å². The van der Waals surface area contributed by atoms with E-state index < -0.39 is 0 Å². The number of ether oxygens (including phenoxy) is 1. The third kappa shape index (κ3) is 6.28. The molecule has 0 unspecified atom stereocenters. The second kappa shape index (κ2) is 8.39. The highest BCUT2D eigenvalue weighted by Gasteiger charge is 2.09. The van der Waals surface area contributed by atoms with E-state index in [2.05, 4.69) is 28.2 Å². The van der Waals surface area contributed by atoms with Crippen LogP contribution in [0.5, 0.6) is 0 Å². The van der Waals surface area contributed by atoms with E-state index in [-0.39, 0.29) is 5.90 Å². The van der Waals surface area contributed by atoms with Crippen molar-refractivity contribution in [3.05, 3.63) is 11.1 Å². The highest BCUT2D eigenvalue weighted by Crippen LogP contribution is 2.03. The highest BCUT2D eigenvalue weighted by molar-refractivity contribution is 7.85. The average molecular weight is 272 g/mol. The summed E-state index contributed by atoms with van der Waals surface area (Å²) in [6.07, 6.45) is 1.71. The van der Waals surface area contributed by atoms with Crippen LogP contribution in [0, 0.1) is 5.41 Å². The Labute approximate surface area is 115 Å². The highest BCUT2D eigenvalue weighted by atomic mass is 32.1. The minimum absolute atomic E-state index is 0.126. The second-order valence-electron chi connectivity index (χ2n) is 4.62. The van der Waals surface area contributed by atoms with Gasteiger partial charge in [0.25, 0.3) is 0 Å². The molecule has 1 aliphatic heterocycles. The summed E-state index contributed by atoms with van der Waals surface area (Å²) in [4.78, 5) is 2.86. The van der Waals surface area contributed by atoms with Gasteiger partial charge in [-0.15, -0.1) is 12.6 Å². The molecule has 1 fully saturated rings. The van der Waals surface area contributed by atoms with E-state index >= 15 is 0 Å². The van der Waals surface area contributed by atoms with Crippen LogP contribution in [0.25, 0.3) is 0 Å². The molecule has 18 heavy (non-hydrogen) atoms. The van der Waals surface area contributed by atoms with Crippen molar-refractivity contribution in [3.63, 3.8) is 0 Å². The van der Waals surface area contributed by atoms with Crippen LogP contribution in [-0.2, 0) is 4.74 Å². The van der Waals surface area contributed by atoms with Crippen LogP contribution in [0.2, 0.25) is 0 Å². The largest absolute Gasteiger partial charge is 0.476 e. The quantitative estimate of drug-likeness (QED) is 0.326. The van der Waals surface area contributed by atoms with Gasteiger partial charge in [0.05, 0.1) is 4.91 Å². The summed E-state index contributed by atoms with van der Waals surface area (Å²) in [6.45, 7) is 9.64. The molecular weight excluding hydrogens is 248 g/mol. The minimum atomic E-state index is 0.126. The molecule has 0 aromatic rings. The van der Waals surface area contributed by atoms with Gasteiger partial charge < -0.3 is 15.4 Å². The summed E-state index contributed by atoms with van der Waals surface area (Å²) in [6, 6.07) is 0.334. The van der Waals surface area contributed by atoms with Gasteiger partial charge in [0.2, 0.25) is 5.90 Å². The molecule has 0 spiro atoms. The Morgan fingerprint density at radius 2 is 2.17 bits per heavy atom. The number of piperazine rings is 1. The van der Waals surface area contributed by atoms with Crippen LogP contribution in [0.15, 0.2) is 11.1 Å². The summed E-state index contributed by atoms with van der Waals surface area (Å²) in [5.41, 5.74) is 0. The van der Waals surface area contributed by atoms with Gasteiger partial charge in [-0.3, -0.25) is 10.3 Å². The zero-order valence-electron chi connectivity index (χ0n) is 11.2. The van der Waals surface area contributed by atoms with Crippen molar-refractivity contribution in [2.45, 2.75) is 19.9 Å². The van der Waals surface area contributed by atoms with Crippen molar-refractivity contribution in [1.82, 2.24) is 15.5 Å². The van der Waals surface area contributed by atoms with Crippen molar-refractivity contribution in [2.75, 3.05) is 39.3 Å². The first-order chi connectivity index (χ1) is 8.59. The van der Waals surface area contributed by atoms with E-state index in [1.165, 1.54) is 0 Å². The van der Waals surface area contributed by atoms with E-state index in [1.807, 2.05) is 13.8 Å². The van der Waals surface area contributed by atoms with Gasteiger partial charge in [-0.1, -0.05) is 0 Å². The molecule has 0 aromatic carbocycles. The van der Waals surface area contributed by atoms with Crippen molar-refractivity contribution < 1.29 is 4.74 Å². The van der Waals surface area contributed by atoms with Gasteiger partial charge in [0, 0.05) is 45.0 Å². The van der Waals surface area contributed by atoms with Crippen molar-refractivity contribution in [3.8, 4) is 0 Å². The summed E-state index contributed by atoms with van der Waals surface area (Å²) in [5.74, 6) is 0.126. The first kappa shape index (κ1) is 15.3. The molecule has 0 aliphatic carbocycles. The molecule has 0 radical (unpaired) electrons. The molecule has 0 saturated carbocycles. The Morgan fingerprint density at radius 1 is 1.50 bits per heavy atom. The third-order valence-corrected chi connectivity index (χ3v) is 2.98. The summed E-state index contributed by atoms with van der Waals surface area (Å²) in [5, 5.41) is 14.1. The van der Waals surface area contributed by atoms with Crippen LogP contribution in [0.3, 0.4) is 0 Å². The zero-order valence-corrected chi connectivity index (χ0v) is 12.1. The van der Waals surface area contributed by atoms with E-state index in [0.29, 0.717) is 17.6 Å². The van der Waals surface area contributed by atoms with E-state index in [0.717, 1.165) is 32.7 Å². The molecule has 104 valence electrons. The predicted octanol–water partition coefficient (Wildman–Crippen LogP) is 0.655. The molecule has 1 heterocycles. The van der Waals surface area contributed by atoms with E-state index in [1.54, 1.807) is 6.20 Å². The normalized spacial score (nSPS) is 17.9. The van der Waals surface area contributed by atoms with Crippen LogP contribution >= 0.6 is 12.6 Å². The molecule has 0 bridgehead atoms. The number of nitrogens with zero attached hydrogens (tertiary/aromatic N) is 1. The number of hydrogen-bond donors (Lipinski definition) is 4.